The van der Waals surface area contributed by atoms with Gasteiger partial charge in [-0.15, -0.1) is 0 Å². The lowest BCUT2D eigenvalue weighted by atomic mass is 10.2. The number of halogens is 4. The van der Waals surface area contributed by atoms with Gasteiger partial charge in [-0.2, -0.15) is 13.2 Å². The monoisotopic (exact) mass is 308 g/mol. The fourth-order valence-electron chi connectivity index (χ4n) is 0.369. The van der Waals surface area contributed by atoms with Gasteiger partial charge < -0.3 is 9.84 Å². The van der Waals surface area contributed by atoms with Crippen LogP contribution < -0.4 is 0 Å². The Morgan fingerprint density at radius 3 is 1.62 bits per heavy atom. The lowest BCUT2D eigenvalue weighted by Crippen LogP contribution is -2.24. The van der Waals surface area contributed by atoms with E-state index in [2.05, 4.69) is 15.9 Å². The summed E-state index contributed by atoms with van der Waals surface area (Å²) in [5.41, 5.74) is -0.356. The Labute approximate surface area is 98.9 Å². The van der Waals surface area contributed by atoms with E-state index in [0.29, 0.717) is 0 Å². The SMILES string of the molecule is CC(C)(C)OC(=O)CBr.O=C(O)C(F)(F)F. The maximum absolute atomic E-state index is 10.6. The molecule has 0 aliphatic carbocycles. The second-order valence-corrected chi connectivity index (χ2v) is 4.08. The average Bonchev–Trinajstić information content (AvgIpc) is 2.00. The van der Waals surface area contributed by atoms with Crippen LogP contribution in [0.5, 0.6) is 0 Å². The van der Waals surface area contributed by atoms with Gasteiger partial charge in [0.2, 0.25) is 0 Å². The van der Waals surface area contributed by atoms with Crippen molar-refractivity contribution in [3.63, 3.8) is 0 Å². The van der Waals surface area contributed by atoms with Gasteiger partial charge in [0, 0.05) is 0 Å². The fourth-order valence-corrected chi connectivity index (χ4v) is 0.483. The maximum atomic E-state index is 10.6. The highest BCUT2D eigenvalue weighted by Crippen LogP contribution is 2.13. The summed E-state index contributed by atoms with van der Waals surface area (Å²) in [6.45, 7) is 5.52. The lowest BCUT2D eigenvalue weighted by Gasteiger charge is -2.18. The van der Waals surface area contributed by atoms with Crippen LogP contribution in [0.3, 0.4) is 0 Å². The maximum Gasteiger partial charge on any atom is 0.490 e. The number of carboxylic acids is 1. The van der Waals surface area contributed by atoms with E-state index in [-0.39, 0.29) is 16.9 Å². The van der Waals surface area contributed by atoms with Crippen molar-refractivity contribution in [3.8, 4) is 0 Å². The van der Waals surface area contributed by atoms with Gasteiger partial charge in [0.25, 0.3) is 0 Å². The zero-order chi connectivity index (χ0) is 13.6. The fraction of sp³-hybridized carbons (Fsp3) is 0.750. The van der Waals surface area contributed by atoms with Gasteiger partial charge in [0.1, 0.15) is 10.9 Å². The molecule has 0 aromatic carbocycles. The van der Waals surface area contributed by atoms with Crippen LogP contribution in [0, 0.1) is 0 Å². The molecule has 0 atom stereocenters. The molecule has 0 aromatic heterocycles. The summed E-state index contributed by atoms with van der Waals surface area (Å²) in [7, 11) is 0. The smallest absolute Gasteiger partial charge is 0.475 e. The van der Waals surface area contributed by atoms with E-state index in [4.69, 9.17) is 14.6 Å². The van der Waals surface area contributed by atoms with Gasteiger partial charge in [-0.25, -0.2) is 4.79 Å². The Hall–Kier alpha value is -0.790. The van der Waals surface area contributed by atoms with Crippen molar-refractivity contribution >= 4 is 27.9 Å². The van der Waals surface area contributed by atoms with Crippen LogP contribution in [-0.4, -0.2) is 34.2 Å². The van der Waals surface area contributed by atoms with Crippen molar-refractivity contribution in [1.82, 2.24) is 0 Å². The molecule has 96 valence electrons. The number of ether oxygens (including phenoxy) is 1. The molecule has 0 saturated carbocycles. The molecular formula is C8H12BrF3O4. The number of esters is 1. The third-order valence-corrected chi connectivity index (χ3v) is 1.23. The molecule has 0 heterocycles. The zero-order valence-corrected chi connectivity index (χ0v) is 10.5. The number of alkyl halides is 4. The van der Waals surface area contributed by atoms with Crippen molar-refractivity contribution in [2.24, 2.45) is 0 Å². The highest BCUT2D eigenvalue weighted by Gasteiger charge is 2.38. The van der Waals surface area contributed by atoms with Crippen LogP contribution >= 0.6 is 15.9 Å². The number of aliphatic carboxylic acids is 1. The normalized spacial score (nSPS) is 11.2. The predicted molar refractivity (Wildman–Crippen MR) is 53.3 cm³/mol. The molecule has 1 N–H and O–H groups in total. The highest BCUT2D eigenvalue weighted by molar-refractivity contribution is 9.09. The molecule has 0 aliphatic rings. The van der Waals surface area contributed by atoms with Crippen molar-refractivity contribution in [1.29, 1.82) is 0 Å². The standard InChI is InChI=1S/C6H11BrO2.C2HF3O2/c1-6(2,3)9-5(8)4-7;3-2(4,5)1(6)7/h4H2,1-3H3;(H,6,7). The summed E-state index contributed by atoms with van der Waals surface area (Å²) in [5, 5.41) is 7.39. The van der Waals surface area contributed by atoms with Crippen molar-refractivity contribution in [3.05, 3.63) is 0 Å². The molecule has 0 aromatic rings. The second kappa shape index (κ2) is 6.72. The molecule has 0 unspecified atom stereocenters. The third kappa shape index (κ3) is 13.2. The number of carboxylic acid groups (broad SMARTS) is 1. The molecule has 0 spiro atoms. The van der Waals surface area contributed by atoms with Crippen LogP contribution in [0.4, 0.5) is 13.2 Å². The predicted octanol–water partition coefficient (Wildman–Crippen LogP) is 2.36. The number of hydrogen-bond donors (Lipinski definition) is 1. The van der Waals surface area contributed by atoms with Crippen molar-refractivity contribution in [2.45, 2.75) is 32.5 Å². The van der Waals surface area contributed by atoms with E-state index in [1.165, 1.54) is 0 Å². The highest BCUT2D eigenvalue weighted by atomic mass is 79.9. The van der Waals surface area contributed by atoms with Crippen molar-refractivity contribution < 1.29 is 32.6 Å². The molecule has 0 amide bonds. The zero-order valence-electron chi connectivity index (χ0n) is 8.89. The van der Waals surface area contributed by atoms with Crippen LogP contribution in [0.15, 0.2) is 0 Å². The second-order valence-electron chi connectivity index (χ2n) is 3.52. The van der Waals surface area contributed by atoms with Crippen molar-refractivity contribution in [2.75, 3.05) is 5.33 Å². The molecule has 0 bridgehead atoms. The summed E-state index contributed by atoms with van der Waals surface area (Å²) < 4.78 is 36.6. The molecule has 0 aliphatic heterocycles. The van der Waals surface area contributed by atoms with Crippen LogP contribution in [0.1, 0.15) is 20.8 Å². The summed E-state index contributed by atoms with van der Waals surface area (Å²) in [5.74, 6) is -2.98. The van der Waals surface area contributed by atoms with E-state index in [1.54, 1.807) is 0 Å². The quantitative estimate of drug-likeness (QED) is 0.596. The van der Waals surface area contributed by atoms with Gasteiger partial charge in [0.15, 0.2) is 0 Å². The van der Waals surface area contributed by atoms with Crippen LogP contribution in [0.25, 0.3) is 0 Å². The van der Waals surface area contributed by atoms with Gasteiger partial charge in [-0.3, -0.25) is 4.79 Å². The van der Waals surface area contributed by atoms with E-state index in [1.807, 2.05) is 20.8 Å². The Kier molecular flexibility index (Phi) is 7.39. The lowest BCUT2D eigenvalue weighted by molar-refractivity contribution is -0.192. The third-order valence-electron chi connectivity index (χ3n) is 0.772. The Balaban J connectivity index is 0. The summed E-state index contributed by atoms with van der Waals surface area (Å²) in [6, 6.07) is 0. The Morgan fingerprint density at radius 1 is 1.25 bits per heavy atom. The summed E-state index contributed by atoms with van der Waals surface area (Å²) in [4.78, 5) is 19.5. The molecule has 0 fully saturated rings. The van der Waals surface area contributed by atoms with E-state index in [0.717, 1.165) is 0 Å². The Morgan fingerprint density at radius 2 is 1.56 bits per heavy atom. The molecule has 8 heteroatoms. The minimum Gasteiger partial charge on any atom is -0.475 e. The Bertz CT molecular complexity index is 245. The number of hydrogen-bond acceptors (Lipinski definition) is 3. The van der Waals surface area contributed by atoms with Gasteiger partial charge in [0.05, 0.1) is 0 Å². The molecule has 4 nitrogen and oxygen atoms in total. The van der Waals surface area contributed by atoms with Gasteiger partial charge >= 0.3 is 18.1 Å². The summed E-state index contributed by atoms with van der Waals surface area (Å²) in [6.07, 6.45) is -5.08. The molecule has 0 saturated heterocycles. The number of rotatable bonds is 1. The average molecular weight is 309 g/mol. The first-order valence-electron chi connectivity index (χ1n) is 3.98. The van der Waals surface area contributed by atoms with Crippen LogP contribution in [-0.2, 0) is 14.3 Å². The first-order valence-corrected chi connectivity index (χ1v) is 5.10. The van der Waals surface area contributed by atoms with E-state index in [9.17, 15) is 18.0 Å². The molecule has 16 heavy (non-hydrogen) atoms. The largest absolute Gasteiger partial charge is 0.490 e. The number of carbonyl (C=O) groups is 2. The first-order chi connectivity index (χ1) is 6.90. The van der Waals surface area contributed by atoms with Gasteiger partial charge in [-0.05, 0) is 20.8 Å². The molecular weight excluding hydrogens is 297 g/mol. The first kappa shape index (κ1) is 17.6. The minimum atomic E-state index is -5.08. The summed E-state index contributed by atoms with van der Waals surface area (Å²) >= 11 is 2.99. The topological polar surface area (TPSA) is 63.6 Å². The van der Waals surface area contributed by atoms with E-state index < -0.39 is 12.1 Å². The molecule has 0 radical (unpaired) electrons. The number of carbonyl (C=O) groups excluding carboxylic acids is 1. The van der Waals surface area contributed by atoms with Crippen LogP contribution in [0.2, 0.25) is 0 Å². The molecule has 0 rings (SSSR count). The van der Waals surface area contributed by atoms with Gasteiger partial charge in [-0.1, -0.05) is 15.9 Å². The minimum absolute atomic E-state index is 0.220. The van der Waals surface area contributed by atoms with E-state index >= 15 is 0 Å².